The third-order valence-electron chi connectivity index (χ3n) is 4.72. The Morgan fingerprint density at radius 3 is 2.42 bits per heavy atom. The second-order valence-electron chi connectivity index (χ2n) is 6.24. The predicted molar refractivity (Wildman–Crippen MR) is 96.0 cm³/mol. The molecule has 0 saturated heterocycles. The van der Waals surface area contributed by atoms with E-state index in [1.165, 1.54) is 6.20 Å². The second kappa shape index (κ2) is 6.85. The van der Waals surface area contributed by atoms with Crippen molar-refractivity contribution in [3.8, 4) is 0 Å². The third kappa shape index (κ3) is 3.26. The van der Waals surface area contributed by atoms with Gasteiger partial charge in [-0.2, -0.15) is 0 Å². The summed E-state index contributed by atoms with van der Waals surface area (Å²) in [6, 6.07) is 11.4. The number of carbonyl (C=O) groups excluding carboxylic acids is 2. The molecule has 3 rings (SSSR count). The molecule has 0 atom stereocenters. The summed E-state index contributed by atoms with van der Waals surface area (Å²) in [6.45, 7) is 1.91. The molecule has 0 unspecified atom stereocenters. The van der Waals surface area contributed by atoms with Gasteiger partial charge in [0.2, 0.25) is 0 Å². The van der Waals surface area contributed by atoms with Gasteiger partial charge in [-0.15, -0.1) is 0 Å². The Hall–Kier alpha value is -2.01. The quantitative estimate of drug-likeness (QED) is 0.854. The second-order valence-corrected chi connectivity index (χ2v) is 7.15. The van der Waals surface area contributed by atoms with Crippen LogP contribution < -0.4 is 5.32 Å². The number of nitrogens with one attached hydrogen (secondary N) is 1. The van der Waals surface area contributed by atoms with Crippen LogP contribution >= 0.6 is 15.9 Å². The van der Waals surface area contributed by atoms with Crippen LogP contribution in [0.15, 0.2) is 47.1 Å². The van der Waals surface area contributed by atoms with Gasteiger partial charge in [0.1, 0.15) is 0 Å². The molecule has 0 radical (unpaired) electrons. The number of Topliss-reactive ketones (excluding diaryl/α,β-unsaturated/α-hetero) is 1. The fraction of sp³-hybridized carbons (Fsp3) is 0.316. The van der Waals surface area contributed by atoms with Crippen LogP contribution in [0.2, 0.25) is 0 Å². The van der Waals surface area contributed by atoms with E-state index in [1.807, 2.05) is 31.2 Å². The van der Waals surface area contributed by atoms with Crippen molar-refractivity contribution in [2.45, 2.75) is 31.6 Å². The Bertz CT molecular complexity index is 750. The first-order chi connectivity index (χ1) is 11.5. The minimum atomic E-state index is -0.445. The number of rotatable bonds is 5. The van der Waals surface area contributed by atoms with Crippen molar-refractivity contribution in [3.05, 3.63) is 63.9 Å². The predicted octanol–water partition coefficient (Wildman–Crippen LogP) is 3.57. The number of benzene rings is 1. The van der Waals surface area contributed by atoms with Crippen LogP contribution in [0, 0.1) is 6.92 Å². The molecule has 1 aromatic carbocycles. The molecular formula is C19H19BrN2O2. The van der Waals surface area contributed by atoms with E-state index < -0.39 is 5.41 Å². The number of nitrogens with zero attached hydrogens (tertiary/aromatic N) is 1. The standard InChI is InChI=1S/C19H19BrN2O2/c1-13-3-4-14(11-21-13)18(24)22-12-17(23)19(9-2-10-19)15-5-7-16(20)8-6-15/h3-8,11H,2,9-10,12H2,1H3,(H,22,24). The molecule has 1 fully saturated rings. The molecule has 1 aliphatic rings. The Morgan fingerprint density at radius 2 is 1.88 bits per heavy atom. The van der Waals surface area contributed by atoms with Crippen molar-refractivity contribution in [3.63, 3.8) is 0 Å². The van der Waals surface area contributed by atoms with Gasteiger partial charge in [-0.3, -0.25) is 14.6 Å². The number of halogens is 1. The highest BCUT2D eigenvalue weighted by Gasteiger charge is 2.44. The van der Waals surface area contributed by atoms with Gasteiger partial charge in [0, 0.05) is 16.4 Å². The monoisotopic (exact) mass is 386 g/mol. The maximum Gasteiger partial charge on any atom is 0.253 e. The van der Waals surface area contributed by atoms with Gasteiger partial charge in [-0.1, -0.05) is 34.5 Å². The van der Waals surface area contributed by atoms with Crippen molar-refractivity contribution < 1.29 is 9.59 Å². The normalized spacial score (nSPS) is 15.4. The first-order valence-electron chi connectivity index (χ1n) is 8.01. The summed E-state index contributed by atoms with van der Waals surface area (Å²) in [5.41, 5.74) is 1.92. The number of carbonyl (C=O) groups is 2. The van der Waals surface area contributed by atoms with E-state index in [1.54, 1.807) is 12.1 Å². The number of ketones is 1. The summed E-state index contributed by atoms with van der Waals surface area (Å²) in [5, 5.41) is 2.74. The average Bonchev–Trinajstić information content (AvgIpc) is 2.54. The first kappa shape index (κ1) is 16.8. The van der Waals surface area contributed by atoms with Gasteiger partial charge in [-0.25, -0.2) is 0 Å². The molecule has 0 spiro atoms. The summed E-state index contributed by atoms with van der Waals surface area (Å²) in [7, 11) is 0. The van der Waals surface area contributed by atoms with Crippen LogP contribution in [0.5, 0.6) is 0 Å². The van der Waals surface area contributed by atoms with Crippen molar-refractivity contribution in [1.29, 1.82) is 0 Å². The summed E-state index contributed by atoms with van der Waals surface area (Å²) in [5.74, 6) is -0.189. The molecule has 1 N–H and O–H groups in total. The lowest BCUT2D eigenvalue weighted by Crippen LogP contribution is -2.47. The van der Waals surface area contributed by atoms with Crippen LogP contribution in [-0.4, -0.2) is 23.2 Å². The van der Waals surface area contributed by atoms with E-state index in [-0.39, 0.29) is 18.2 Å². The molecule has 5 heteroatoms. The summed E-state index contributed by atoms with van der Waals surface area (Å²) in [6.07, 6.45) is 4.26. The zero-order valence-electron chi connectivity index (χ0n) is 13.5. The number of pyridine rings is 1. The molecular weight excluding hydrogens is 368 g/mol. The molecule has 1 aliphatic carbocycles. The minimum absolute atomic E-state index is 0.0444. The third-order valence-corrected chi connectivity index (χ3v) is 5.25. The number of aromatic nitrogens is 1. The van der Waals surface area contributed by atoms with Crippen LogP contribution in [-0.2, 0) is 10.2 Å². The fourth-order valence-electron chi connectivity index (χ4n) is 3.06. The lowest BCUT2D eigenvalue weighted by molar-refractivity contribution is -0.126. The number of hydrogen-bond donors (Lipinski definition) is 1. The number of aryl methyl sites for hydroxylation is 1. The van der Waals surface area contributed by atoms with Crippen LogP contribution in [0.25, 0.3) is 0 Å². The van der Waals surface area contributed by atoms with Crippen molar-refractivity contribution >= 4 is 27.6 Å². The Morgan fingerprint density at radius 1 is 1.17 bits per heavy atom. The van der Waals surface area contributed by atoms with E-state index in [0.29, 0.717) is 5.56 Å². The van der Waals surface area contributed by atoms with Gasteiger partial charge in [0.05, 0.1) is 17.5 Å². The molecule has 1 aromatic heterocycles. The van der Waals surface area contributed by atoms with E-state index in [2.05, 4.69) is 26.2 Å². The summed E-state index contributed by atoms with van der Waals surface area (Å²) >= 11 is 3.42. The first-order valence-corrected chi connectivity index (χ1v) is 8.81. The molecule has 1 saturated carbocycles. The molecule has 2 aromatic rings. The molecule has 4 nitrogen and oxygen atoms in total. The SMILES string of the molecule is Cc1ccc(C(=O)NCC(=O)C2(c3ccc(Br)cc3)CCC2)cn1. The summed E-state index contributed by atoms with van der Waals surface area (Å²) in [4.78, 5) is 29.1. The highest BCUT2D eigenvalue weighted by atomic mass is 79.9. The minimum Gasteiger partial charge on any atom is -0.345 e. The van der Waals surface area contributed by atoms with Crippen LogP contribution in [0.3, 0.4) is 0 Å². The number of hydrogen-bond acceptors (Lipinski definition) is 3. The van der Waals surface area contributed by atoms with E-state index in [4.69, 9.17) is 0 Å². The average molecular weight is 387 g/mol. The van der Waals surface area contributed by atoms with Gasteiger partial charge in [-0.05, 0) is 49.6 Å². The van der Waals surface area contributed by atoms with Gasteiger partial charge in [0.25, 0.3) is 5.91 Å². The maximum absolute atomic E-state index is 12.8. The molecule has 1 heterocycles. The van der Waals surface area contributed by atoms with Crippen LogP contribution in [0.4, 0.5) is 0 Å². The highest BCUT2D eigenvalue weighted by Crippen LogP contribution is 2.44. The van der Waals surface area contributed by atoms with Gasteiger partial charge < -0.3 is 5.32 Å². The zero-order chi connectivity index (χ0) is 17.2. The molecule has 124 valence electrons. The zero-order valence-corrected chi connectivity index (χ0v) is 15.1. The largest absolute Gasteiger partial charge is 0.345 e. The topological polar surface area (TPSA) is 59.1 Å². The lowest BCUT2D eigenvalue weighted by atomic mass is 9.62. The van der Waals surface area contributed by atoms with Crippen molar-refractivity contribution in [2.75, 3.05) is 6.54 Å². The highest BCUT2D eigenvalue weighted by molar-refractivity contribution is 9.10. The van der Waals surface area contributed by atoms with Crippen molar-refractivity contribution in [2.24, 2.45) is 0 Å². The van der Waals surface area contributed by atoms with E-state index in [0.717, 1.165) is 35.0 Å². The maximum atomic E-state index is 12.8. The van der Waals surface area contributed by atoms with Crippen molar-refractivity contribution in [1.82, 2.24) is 10.3 Å². The van der Waals surface area contributed by atoms with Crippen LogP contribution in [0.1, 0.15) is 40.9 Å². The van der Waals surface area contributed by atoms with Gasteiger partial charge in [0.15, 0.2) is 5.78 Å². The van der Waals surface area contributed by atoms with Gasteiger partial charge >= 0.3 is 0 Å². The molecule has 24 heavy (non-hydrogen) atoms. The number of amides is 1. The summed E-state index contributed by atoms with van der Waals surface area (Å²) < 4.78 is 0.994. The Kier molecular flexibility index (Phi) is 4.81. The molecule has 0 bridgehead atoms. The Labute approximate surface area is 149 Å². The molecule has 1 amide bonds. The molecule has 0 aliphatic heterocycles. The van der Waals surface area contributed by atoms with E-state index in [9.17, 15) is 9.59 Å². The lowest BCUT2D eigenvalue weighted by Gasteiger charge is -2.41. The Balaban J connectivity index is 1.68. The smallest absolute Gasteiger partial charge is 0.253 e. The van der Waals surface area contributed by atoms with E-state index >= 15 is 0 Å². The fourth-order valence-corrected chi connectivity index (χ4v) is 3.33.